The fraction of sp³-hybridized carbons (Fsp3) is 0.136. The molecular formula is C22H20N4O3S. The SMILES string of the molecule is COc1cccc(-n2c(O)c(C=NCCc3c[nH]c4ccccc34)c(=O)[nH]c2=S)c1. The summed E-state index contributed by atoms with van der Waals surface area (Å²) in [4.78, 5) is 22.5. The number of aromatic amines is 2. The van der Waals surface area contributed by atoms with Crippen molar-refractivity contribution in [2.75, 3.05) is 13.7 Å². The van der Waals surface area contributed by atoms with Gasteiger partial charge in [0.1, 0.15) is 11.3 Å². The van der Waals surface area contributed by atoms with Crippen molar-refractivity contribution in [2.24, 2.45) is 4.99 Å². The van der Waals surface area contributed by atoms with E-state index in [-0.39, 0.29) is 16.2 Å². The van der Waals surface area contributed by atoms with Crippen LogP contribution in [0.3, 0.4) is 0 Å². The first kappa shape index (κ1) is 19.7. The van der Waals surface area contributed by atoms with Crippen LogP contribution in [0.25, 0.3) is 16.6 Å². The summed E-state index contributed by atoms with van der Waals surface area (Å²) in [6, 6.07) is 15.1. The maximum atomic E-state index is 12.3. The molecule has 0 amide bonds. The van der Waals surface area contributed by atoms with Crippen molar-refractivity contribution in [3.8, 4) is 17.3 Å². The highest BCUT2D eigenvalue weighted by Gasteiger charge is 2.13. The Labute approximate surface area is 177 Å². The Kier molecular flexibility index (Phi) is 5.49. The van der Waals surface area contributed by atoms with E-state index in [4.69, 9.17) is 17.0 Å². The van der Waals surface area contributed by atoms with Gasteiger partial charge in [-0.2, -0.15) is 0 Å². The van der Waals surface area contributed by atoms with E-state index in [9.17, 15) is 9.90 Å². The zero-order valence-electron chi connectivity index (χ0n) is 16.3. The van der Waals surface area contributed by atoms with Gasteiger partial charge < -0.3 is 14.8 Å². The van der Waals surface area contributed by atoms with Crippen molar-refractivity contribution < 1.29 is 9.84 Å². The third-order valence-corrected chi connectivity index (χ3v) is 5.12. The highest BCUT2D eigenvalue weighted by Crippen LogP contribution is 2.22. The molecule has 2 aromatic carbocycles. The second-order valence-electron chi connectivity index (χ2n) is 6.68. The van der Waals surface area contributed by atoms with Crippen LogP contribution in [0.1, 0.15) is 11.1 Å². The Morgan fingerprint density at radius 2 is 2.07 bits per heavy atom. The fourth-order valence-electron chi connectivity index (χ4n) is 3.32. The first-order chi connectivity index (χ1) is 14.6. The van der Waals surface area contributed by atoms with E-state index in [0.29, 0.717) is 24.4 Å². The number of fused-ring (bicyclic) bond motifs is 1. The molecule has 4 aromatic rings. The lowest BCUT2D eigenvalue weighted by molar-refractivity contribution is 0.413. The van der Waals surface area contributed by atoms with Crippen LogP contribution < -0.4 is 10.3 Å². The summed E-state index contributed by atoms with van der Waals surface area (Å²) < 4.78 is 6.69. The molecule has 4 rings (SSSR count). The average Bonchev–Trinajstić information content (AvgIpc) is 3.16. The van der Waals surface area contributed by atoms with Crippen LogP contribution in [0.4, 0.5) is 0 Å². The summed E-state index contributed by atoms with van der Waals surface area (Å²) in [6.45, 7) is 0.468. The van der Waals surface area contributed by atoms with Gasteiger partial charge in [-0.15, -0.1) is 0 Å². The van der Waals surface area contributed by atoms with Crippen LogP contribution in [0.15, 0.2) is 64.5 Å². The topological polar surface area (TPSA) is 95.4 Å². The number of aromatic nitrogens is 3. The van der Waals surface area contributed by atoms with Crippen LogP contribution in [0, 0.1) is 4.77 Å². The molecule has 7 nitrogen and oxygen atoms in total. The molecule has 0 radical (unpaired) electrons. The van der Waals surface area contributed by atoms with Crippen molar-refractivity contribution in [3.63, 3.8) is 0 Å². The number of hydrogen-bond donors (Lipinski definition) is 3. The lowest BCUT2D eigenvalue weighted by atomic mass is 10.1. The number of nitrogens with zero attached hydrogens (tertiary/aromatic N) is 2. The Morgan fingerprint density at radius 3 is 2.90 bits per heavy atom. The van der Waals surface area contributed by atoms with E-state index in [2.05, 4.69) is 21.0 Å². The largest absolute Gasteiger partial charge is 0.497 e. The minimum atomic E-state index is -0.493. The minimum absolute atomic E-state index is 0.0466. The molecule has 0 aliphatic heterocycles. The van der Waals surface area contributed by atoms with E-state index < -0.39 is 5.56 Å². The van der Waals surface area contributed by atoms with Crippen LogP contribution >= 0.6 is 12.2 Å². The molecule has 0 spiro atoms. The average molecular weight is 420 g/mol. The predicted molar refractivity (Wildman–Crippen MR) is 120 cm³/mol. The number of para-hydroxylation sites is 1. The van der Waals surface area contributed by atoms with E-state index in [1.165, 1.54) is 10.8 Å². The molecule has 0 saturated carbocycles. The number of nitrogens with one attached hydrogen (secondary N) is 2. The monoisotopic (exact) mass is 420 g/mol. The van der Waals surface area contributed by atoms with Gasteiger partial charge in [-0.1, -0.05) is 24.3 Å². The normalized spacial score (nSPS) is 11.4. The summed E-state index contributed by atoms with van der Waals surface area (Å²) in [5, 5.41) is 11.9. The molecular weight excluding hydrogens is 400 g/mol. The van der Waals surface area contributed by atoms with E-state index >= 15 is 0 Å². The Bertz CT molecular complexity index is 1350. The molecule has 0 aliphatic carbocycles. The van der Waals surface area contributed by atoms with Crippen molar-refractivity contribution in [3.05, 3.63) is 81.0 Å². The van der Waals surface area contributed by atoms with Gasteiger partial charge in [0.05, 0.1) is 12.8 Å². The van der Waals surface area contributed by atoms with E-state index in [0.717, 1.165) is 16.5 Å². The predicted octanol–water partition coefficient (Wildman–Crippen LogP) is 3.75. The van der Waals surface area contributed by atoms with Crippen molar-refractivity contribution in [2.45, 2.75) is 6.42 Å². The smallest absolute Gasteiger partial charge is 0.264 e. The number of hydrogen-bond acceptors (Lipinski definition) is 5. The van der Waals surface area contributed by atoms with E-state index in [1.54, 1.807) is 31.4 Å². The number of aliphatic imine (C=N–C) groups is 1. The summed E-state index contributed by atoms with van der Waals surface area (Å²) >= 11 is 5.24. The molecule has 0 unspecified atom stereocenters. The first-order valence-electron chi connectivity index (χ1n) is 9.36. The summed E-state index contributed by atoms with van der Waals surface area (Å²) in [5.41, 5.74) is 2.35. The zero-order valence-corrected chi connectivity index (χ0v) is 17.1. The van der Waals surface area contributed by atoms with Crippen LogP contribution in [0.2, 0.25) is 0 Å². The van der Waals surface area contributed by atoms with Gasteiger partial charge in [-0.25, -0.2) is 0 Å². The quantitative estimate of drug-likeness (QED) is 0.327. The number of H-pyrrole nitrogens is 2. The van der Waals surface area contributed by atoms with Gasteiger partial charge in [0.25, 0.3) is 5.56 Å². The maximum Gasteiger partial charge on any atom is 0.264 e. The van der Waals surface area contributed by atoms with Gasteiger partial charge >= 0.3 is 0 Å². The standard InChI is InChI=1S/C22H20N4O3S/c1-29-16-6-4-5-15(11-16)26-21(28)18(20(27)25-22(26)30)13-23-10-9-14-12-24-19-8-3-2-7-17(14)19/h2-8,11-13,24,28H,9-10H2,1H3,(H,25,27,30). The Balaban J connectivity index is 1.61. The summed E-state index contributed by atoms with van der Waals surface area (Å²) in [7, 11) is 1.55. The maximum absolute atomic E-state index is 12.3. The molecule has 152 valence electrons. The van der Waals surface area contributed by atoms with Crippen LogP contribution in [-0.4, -0.2) is 39.5 Å². The summed E-state index contributed by atoms with van der Waals surface area (Å²) in [5.74, 6) is 0.335. The second kappa shape index (κ2) is 8.38. The number of methoxy groups -OCH3 is 1. The van der Waals surface area contributed by atoms with Crippen molar-refractivity contribution >= 4 is 29.3 Å². The number of rotatable bonds is 6. The van der Waals surface area contributed by atoms with E-state index in [1.807, 2.05) is 24.4 Å². The molecule has 30 heavy (non-hydrogen) atoms. The number of ether oxygens (including phenoxy) is 1. The highest BCUT2D eigenvalue weighted by molar-refractivity contribution is 7.71. The second-order valence-corrected chi connectivity index (χ2v) is 7.06. The van der Waals surface area contributed by atoms with Crippen LogP contribution in [0.5, 0.6) is 11.6 Å². The molecule has 3 N–H and O–H groups in total. The lowest BCUT2D eigenvalue weighted by Gasteiger charge is -2.12. The molecule has 0 bridgehead atoms. The summed E-state index contributed by atoms with van der Waals surface area (Å²) in [6.07, 6.45) is 4.05. The first-order valence-corrected chi connectivity index (χ1v) is 9.77. The number of benzene rings is 2. The minimum Gasteiger partial charge on any atom is -0.497 e. The van der Waals surface area contributed by atoms with Gasteiger partial charge in [-0.3, -0.25) is 19.3 Å². The molecule has 8 heteroatoms. The third kappa shape index (κ3) is 3.77. The lowest BCUT2D eigenvalue weighted by Crippen LogP contribution is -2.18. The molecule has 2 heterocycles. The molecule has 0 fully saturated rings. The molecule has 0 aliphatic rings. The van der Waals surface area contributed by atoms with Gasteiger partial charge in [-0.05, 0) is 42.4 Å². The Morgan fingerprint density at radius 1 is 1.23 bits per heavy atom. The van der Waals surface area contributed by atoms with Crippen molar-refractivity contribution in [1.82, 2.24) is 14.5 Å². The van der Waals surface area contributed by atoms with Gasteiger partial charge in [0.15, 0.2) is 4.77 Å². The Hall–Kier alpha value is -3.65. The highest BCUT2D eigenvalue weighted by atomic mass is 32.1. The molecule has 2 aromatic heterocycles. The fourth-order valence-corrected chi connectivity index (χ4v) is 3.61. The molecule has 0 atom stereocenters. The molecule has 0 saturated heterocycles. The third-order valence-electron chi connectivity index (χ3n) is 4.84. The van der Waals surface area contributed by atoms with Crippen molar-refractivity contribution in [1.29, 1.82) is 0 Å². The van der Waals surface area contributed by atoms with Gasteiger partial charge in [0.2, 0.25) is 5.88 Å². The number of aromatic hydroxyl groups is 1. The van der Waals surface area contributed by atoms with Crippen LogP contribution in [-0.2, 0) is 6.42 Å². The zero-order chi connectivity index (χ0) is 21.1. The van der Waals surface area contributed by atoms with Gasteiger partial charge in [0, 0.05) is 35.9 Å².